The van der Waals surface area contributed by atoms with Gasteiger partial charge in [0.1, 0.15) is 0 Å². The van der Waals surface area contributed by atoms with E-state index in [1.807, 2.05) is 0 Å². The van der Waals surface area contributed by atoms with E-state index in [0.29, 0.717) is 11.5 Å². The van der Waals surface area contributed by atoms with Crippen molar-refractivity contribution < 1.29 is 24.1 Å². The van der Waals surface area contributed by atoms with Gasteiger partial charge in [0, 0.05) is 23.0 Å². The minimum atomic E-state index is -0.158. The van der Waals surface area contributed by atoms with Gasteiger partial charge >= 0.3 is 306 Å². The first kappa shape index (κ1) is 59.7. The predicted molar refractivity (Wildman–Crippen MR) is 381 cm³/mol. The van der Waals surface area contributed by atoms with Crippen molar-refractivity contribution in [2.24, 2.45) is 0 Å². The number of nitrogens with zero attached hydrogens (tertiary/aromatic N) is 5. The summed E-state index contributed by atoms with van der Waals surface area (Å²) in [5.74, 6) is 2.18. The van der Waals surface area contributed by atoms with Crippen LogP contribution >= 0.6 is 0 Å². The van der Waals surface area contributed by atoms with Gasteiger partial charge in [0.05, 0.1) is 5.69 Å². The zero-order valence-electron chi connectivity index (χ0n) is 53.9. The van der Waals surface area contributed by atoms with Crippen LogP contribution in [-0.2, 0) is 35.6 Å². The summed E-state index contributed by atoms with van der Waals surface area (Å²) in [6, 6.07) is 97.2. The summed E-state index contributed by atoms with van der Waals surface area (Å²) in [5.41, 5.74) is 25.2. The average molecular weight is 1380 g/mol. The first-order chi connectivity index (χ1) is 44.4. The molecule has 3 heterocycles. The van der Waals surface area contributed by atoms with E-state index in [9.17, 15) is 0 Å². The predicted octanol–water partition coefficient (Wildman–Crippen LogP) is 23.5. The van der Waals surface area contributed by atoms with Crippen LogP contribution in [0.1, 0.15) is 84.6 Å². The van der Waals surface area contributed by atoms with Gasteiger partial charge in [0.25, 0.3) is 0 Å². The minimum Gasteiger partial charge on any atom is -0.0579 e. The van der Waals surface area contributed by atoms with E-state index in [1.165, 1.54) is 16.7 Å². The van der Waals surface area contributed by atoms with Crippen LogP contribution in [0.3, 0.4) is 0 Å². The second-order valence-electron chi connectivity index (χ2n) is 27.3. The summed E-state index contributed by atoms with van der Waals surface area (Å²) in [6.07, 6.45) is 2.06. The molecule has 14 rings (SSSR count). The SMILES string of the molecule is Cc1cc(N2c3ccc(C(C)(C)C)cc3-c3ccccc3N(c3ccc(C(C)(C)C)cc3)c3ccccc3-c3ccc(Oc4cccc(-n5[c](=[Pt])n(-c6c(-c7ccccc7)cccc6-c6ccccc6)c6ccccc65)c4)cc32)ncc1-c1ccc(C(C)(C)C)cc1. The number of rotatable bonds is 9. The normalized spacial score (nSPS) is 12.5. The van der Waals surface area contributed by atoms with E-state index in [0.717, 1.165) is 122 Å². The molecule has 456 valence electrons. The molecule has 0 saturated heterocycles. The summed E-state index contributed by atoms with van der Waals surface area (Å²) in [5, 5.41) is 0. The van der Waals surface area contributed by atoms with E-state index in [2.05, 4.69) is 381 Å². The Kier molecular flexibility index (Phi) is 15.4. The van der Waals surface area contributed by atoms with Gasteiger partial charge in [-0.3, -0.25) is 0 Å². The average Bonchev–Trinajstić information content (AvgIpc) is 1.26. The van der Waals surface area contributed by atoms with E-state index >= 15 is 0 Å². The van der Waals surface area contributed by atoms with Gasteiger partial charge in [-0.05, 0) is 81.3 Å². The van der Waals surface area contributed by atoms with Crippen LogP contribution < -0.4 is 14.5 Å². The number of aryl methyl sites for hydroxylation is 1. The number of imidazole rings is 1. The quantitative estimate of drug-likeness (QED) is 0.144. The summed E-state index contributed by atoms with van der Waals surface area (Å²) in [4.78, 5) is 10.4. The zero-order chi connectivity index (χ0) is 63.6. The second kappa shape index (κ2) is 23.7. The number of para-hydroxylation sites is 5. The molecular formula is C85H75N5OPt. The summed E-state index contributed by atoms with van der Waals surface area (Å²) in [6.45, 7) is 22.7. The van der Waals surface area contributed by atoms with E-state index in [-0.39, 0.29) is 16.2 Å². The number of fused-ring (bicyclic) bond motifs is 7. The van der Waals surface area contributed by atoms with E-state index in [4.69, 9.17) is 9.72 Å². The van der Waals surface area contributed by atoms with Crippen LogP contribution in [0.15, 0.2) is 273 Å². The third kappa shape index (κ3) is 11.1. The standard InChI is InChI=1S/C85H75N5O.Pt/c1-57-51-81(86-55-74(57)60-39-41-61(42-40-60)83(2,3)4)90-77-50-45-63(85(8,9)10)52-73(77)71-32-18-20-36-76(71)89(64-46-43-62(44-47-64)84(5,6)7)75-35-19-17-31-70(75)72-49-48-67(54-80(72)90)91-66-30-23-29-65(53-66)87-56-88(79-38-22-21-37-78(79)87)82-68(58-25-13-11-14-26-58)33-24-34-69(82)59-27-15-12-16-28-59;/h11-55H,1-10H3;. The maximum absolute atomic E-state index is 7.30. The third-order valence-corrected chi connectivity index (χ3v) is 19.0. The molecule has 92 heavy (non-hydrogen) atoms. The van der Waals surface area contributed by atoms with Gasteiger partial charge in [-0.2, -0.15) is 0 Å². The van der Waals surface area contributed by atoms with Crippen molar-refractivity contribution in [3.8, 4) is 78.5 Å². The Morgan fingerprint density at radius 3 is 1.41 bits per heavy atom. The van der Waals surface area contributed by atoms with Crippen LogP contribution in [-0.4, -0.2) is 14.1 Å². The minimum absolute atomic E-state index is 0.0199. The Morgan fingerprint density at radius 1 is 0.337 bits per heavy atom. The van der Waals surface area contributed by atoms with Crippen LogP contribution in [0.25, 0.3) is 78.0 Å². The van der Waals surface area contributed by atoms with Crippen molar-refractivity contribution in [2.75, 3.05) is 9.80 Å². The molecule has 1 aliphatic heterocycles. The van der Waals surface area contributed by atoms with Crippen molar-refractivity contribution in [2.45, 2.75) is 85.5 Å². The molecule has 0 unspecified atom stereocenters. The van der Waals surface area contributed by atoms with Gasteiger partial charge in [-0.1, -0.05) is 135 Å². The Balaban J connectivity index is 0.974. The number of anilines is 6. The second-order valence-corrected chi connectivity index (χ2v) is 28.3. The fraction of sp³-hybridized carbons (Fsp3) is 0.153. The van der Waals surface area contributed by atoms with Crippen molar-refractivity contribution in [3.05, 3.63) is 299 Å². The molecule has 0 bridgehead atoms. The molecule has 0 radical (unpaired) electrons. The smallest absolute Gasteiger partial charge is 0.0579 e. The number of aromatic nitrogens is 3. The molecule has 7 heteroatoms. The molecule has 0 atom stereocenters. The van der Waals surface area contributed by atoms with E-state index in [1.54, 1.807) is 0 Å². The van der Waals surface area contributed by atoms with Gasteiger partial charge in [0.2, 0.25) is 0 Å². The third-order valence-electron chi connectivity index (χ3n) is 18.0. The molecule has 11 aromatic carbocycles. The molecule has 13 aromatic rings. The topological polar surface area (TPSA) is 38.5 Å². The van der Waals surface area contributed by atoms with Crippen molar-refractivity contribution in [1.82, 2.24) is 14.1 Å². The Labute approximate surface area is 552 Å². The summed E-state index contributed by atoms with van der Waals surface area (Å²) in [7, 11) is 0. The molecule has 0 spiro atoms. The summed E-state index contributed by atoms with van der Waals surface area (Å²) < 4.78 is 13.1. The number of hydrogen-bond donors (Lipinski definition) is 0. The van der Waals surface area contributed by atoms with Gasteiger partial charge in [-0.15, -0.1) is 0 Å². The molecule has 1 aliphatic rings. The van der Waals surface area contributed by atoms with Crippen molar-refractivity contribution in [1.29, 1.82) is 0 Å². The fourth-order valence-corrected chi connectivity index (χ4v) is 14.2. The molecule has 0 aliphatic carbocycles. The monoisotopic (exact) mass is 1380 g/mol. The van der Waals surface area contributed by atoms with Crippen LogP contribution in [0.4, 0.5) is 34.3 Å². The van der Waals surface area contributed by atoms with Gasteiger partial charge in [-0.25, -0.2) is 0 Å². The van der Waals surface area contributed by atoms with Crippen LogP contribution in [0, 0.1) is 10.7 Å². The molecule has 0 saturated carbocycles. The fourth-order valence-electron chi connectivity index (χ4n) is 13.1. The molecular weight excluding hydrogens is 1300 g/mol. The molecule has 2 aromatic heterocycles. The van der Waals surface area contributed by atoms with E-state index < -0.39 is 0 Å². The number of hydrogen-bond acceptors (Lipinski definition) is 4. The maximum atomic E-state index is 7.30. The molecule has 6 nitrogen and oxygen atoms in total. The first-order valence-corrected chi connectivity index (χ1v) is 33.0. The van der Waals surface area contributed by atoms with Crippen molar-refractivity contribution >= 4 is 45.3 Å². The number of pyridine rings is 1. The van der Waals surface area contributed by atoms with Crippen LogP contribution in [0.5, 0.6) is 11.5 Å². The first-order valence-electron chi connectivity index (χ1n) is 31.8. The van der Waals surface area contributed by atoms with Gasteiger partial charge < -0.3 is 4.90 Å². The molecule has 0 amide bonds. The molecule has 0 N–H and O–H groups in total. The zero-order valence-corrected chi connectivity index (χ0v) is 56.2. The molecule has 0 fully saturated rings. The van der Waals surface area contributed by atoms with Crippen LogP contribution in [0.2, 0.25) is 0 Å². The number of ether oxygens (including phenoxy) is 1. The Bertz CT molecular complexity index is 4920. The Morgan fingerprint density at radius 2 is 0.815 bits per heavy atom. The summed E-state index contributed by atoms with van der Waals surface area (Å²) >= 11 is 2.53. The number of benzene rings is 11. The van der Waals surface area contributed by atoms with Crippen molar-refractivity contribution in [3.63, 3.8) is 0 Å². The van der Waals surface area contributed by atoms with Gasteiger partial charge in [0.15, 0.2) is 0 Å². The Hall–Kier alpha value is -9.87.